The van der Waals surface area contributed by atoms with Gasteiger partial charge in [0.2, 0.25) is 0 Å². The zero-order valence-electron chi connectivity index (χ0n) is 70.2. The summed E-state index contributed by atoms with van der Waals surface area (Å²) < 4.78 is 54.2. The van der Waals surface area contributed by atoms with Crippen molar-refractivity contribution in [3.63, 3.8) is 0 Å². The Bertz CT molecular complexity index is 5040. The number of benzene rings is 3. The van der Waals surface area contributed by atoms with Gasteiger partial charge in [-0.25, -0.2) is 28.3 Å². The molecular formula is C94H99BF4Ir4N16O4-4. The van der Waals surface area contributed by atoms with Crippen molar-refractivity contribution in [1.82, 2.24) is 80.2 Å². The van der Waals surface area contributed by atoms with Crippen LogP contribution in [-0.4, -0.2) is 110 Å². The average Bonchev–Trinajstić information content (AvgIpc) is 1.24. The van der Waals surface area contributed by atoms with E-state index in [1.165, 1.54) is 40.2 Å². The number of carboxylic acid groups (broad SMARTS) is 2. The summed E-state index contributed by atoms with van der Waals surface area (Å²) in [5.41, 5.74) is 13.7. The normalized spacial score (nSPS) is 10.7. The van der Waals surface area contributed by atoms with Gasteiger partial charge in [-0.05, 0) is 160 Å². The predicted octanol–water partition coefficient (Wildman–Crippen LogP) is 21.5. The molecule has 0 saturated heterocycles. The van der Waals surface area contributed by atoms with Gasteiger partial charge in [-0.15, -0.1) is 71.3 Å². The van der Waals surface area contributed by atoms with E-state index in [1.54, 1.807) is 98.4 Å². The smallest absolute Gasteiger partial charge is 0.354 e. The Kier molecular flexibility index (Phi) is 51.8. The van der Waals surface area contributed by atoms with E-state index in [9.17, 15) is 27.2 Å². The van der Waals surface area contributed by atoms with Crippen LogP contribution < -0.4 is 0 Å². The van der Waals surface area contributed by atoms with Crippen LogP contribution in [0.4, 0.5) is 17.6 Å². The van der Waals surface area contributed by atoms with Crippen molar-refractivity contribution in [3.05, 3.63) is 362 Å². The Morgan fingerprint density at radius 3 is 1.35 bits per heavy atom. The SMILES string of the molecule is CC(C)(C)Cc1ccnc(-c2[c-]cc(F)cc2F)c1.CC(C)(C)Cc1ccnc(-c2[c-]cc(F)nc2F)c1.CCC(C)c1c[c-]c(-c2ccccn2)c(C(C)CC)n1.CCC(C)c1cccc(-c2[c-]ccc(-c3ccccc3)c2)n1.O=C(O)c1ccccn1.O=C(O)c1ccccn1.[B]n1cccn1.[Ir].[Ir].[Ir].[Ir].c1cn[nH]c1.c1cn[nH]c1.c1cn[nH]c1. The molecule has 0 aliphatic rings. The van der Waals surface area contributed by atoms with Crippen LogP contribution in [0.25, 0.3) is 56.2 Å². The van der Waals surface area contributed by atoms with Crippen LogP contribution in [-0.2, 0) is 93.3 Å². The molecule has 20 nitrogen and oxygen atoms in total. The second-order valence-electron chi connectivity index (χ2n) is 28.9. The number of halogens is 4. The average molecular weight is 2370 g/mol. The summed E-state index contributed by atoms with van der Waals surface area (Å²) in [6.45, 7) is 26.0. The van der Waals surface area contributed by atoms with Crippen LogP contribution in [0.3, 0.4) is 0 Å². The standard InChI is InChI=1S/C21H20N.C18H23N2.C16H16F2N.C15H15F2N2.2C6H5NO2.C3H3BN2.3C3H4N2.4Ir/c1-3-16(2)20-13-8-14-21(22-20)19-12-7-11-18(15-19)17-9-5-4-6-10-17;1-5-13(3)16-11-10-15(17-9-7-8-12-19-17)18(20-16)14(4)6-2;1-16(2,3)10-11-6-7-19-15(8-11)13-5-4-12(17)9-14(13)18;1-15(2,3)9-10-6-7-18-12(8-10)11-4-5-13(16)19-14(11)17;2*8-6(9)5-3-1-2-4-7-5;4-6-3-1-2-5-6;3*1-2-4-5-3-1;;;;/h4-11,13-16H,3H2,1-2H3;7-9,11-14H,5-6H2,1-4H3;4,6-9H,10H2,1-3H3;5-8H,9H2,1-3H3;2*1-4H,(H,8,9);1-3H;3*1-3H,(H,4,5);;;;/q4*-1;;;;;;;;;;. The first-order valence-corrected chi connectivity index (χ1v) is 38.4. The second kappa shape index (κ2) is 58.9. The molecule has 0 spiro atoms. The van der Waals surface area contributed by atoms with Gasteiger partial charge in [-0.3, -0.25) is 29.1 Å². The van der Waals surface area contributed by atoms with E-state index in [0.29, 0.717) is 29.1 Å². The molecule has 12 aromatic heterocycles. The molecule has 5 N–H and O–H groups in total. The number of carbonyl (C=O) groups is 2. The molecule has 0 bridgehead atoms. The van der Waals surface area contributed by atoms with Gasteiger partial charge >= 0.3 is 11.9 Å². The number of hydrogen-bond donors (Lipinski definition) is 5. The van der Waals surface area contributed by atoms with Gasteiger partial charge < -0.3 is 39.7 Å². The molecule has 0 aliphatic carbocycles. The van der Waals surface area contributed by atoms with Crippen molar-refractivity contribution in [2.24, 2.45) is 10.8 Å². The monoisotopic (exact) mass is 2370 g/mol. The third kappa shape index (κ3) is 41.6. The first-order chi connectivity index (χ1) is 57.1. The number of H-pyrrole nitrogens is 3. The molecule has 3 unspecified atom stereocenters. The number of aromatic amines is 3. The quantitative estimate of drug-likeness (QED) is 0.0276. The number of nitrogens with one attached hydrogen (secondary N) is 3. The van der Waals surface area contributed by atoms with Crippen LogP contribution >= 0.6 is 0 Å². The Morgan fingerprint density at radius 2 is 0.935 bits per heavy atom. The molecule has 12 heterocycles. The Balaban J connectivity index is 0.000000480. The van der Waals surface area contributed by atoms with Crippen molar-refractivity contribution in [2.75, 3.05) is 0 Å². The number of hydrogen-bond acceptors (Lipinski definition) is 14. The van der Waals surface area contributed by atoms with Crippen molar-refractivity contribution in [3.8, 4) is 56.2 Å². The minimum absolute atomic E-state index is 0. The van der Waals surface area contributed by atoms with Crippen LogP contribution in [0.2, 0.25) is 0 Å². The number of nitrogens with zero attached hydrogens (tertiary/aromatic N) is 13. The molecule has 3 aromatic carbocycles. The summed E-state index contributed by atoms with van der Waals surface area (Å²) in [4.78, 5) is 53.0. The predicted molar refractivity (Wildman–Crippen MR) is 459 cm³/mol. The fourth-order valence-electron chi connectivity index (χ4n) is 10.4. The fourth-order valence-corrected chi connectivity index (χ4v) is 10.4. The molecule has 650 valence electrons. The van der Waals surface area contributed by atoms with Crippen molar-refractivity contribution in [2.45, 2.75) is 133 Å². The molecule has 15 rings (SSSR count). The van der Waals surface area contributed by atoms with Crippen LogP contribution in [0.15, 0.2) is 275 Å². The Labute approximate surface area is 773 Å². The van der Waals surface area contributed by atoms with Crippen LogP contribution in [0, 0.1) is 58.6 Å². The van der Waals surface area contributed by atoms with Gasteiger partial charge in [-0.2, -0.15) is 20.4 Å². The molecule has 3 atom stereocenters. The third-order valence-electron chi connectivity index (χ3n) is 16.8. The summed E-state index contributed by atoms with van der Waals surface area (Å²) >= 11 is 0. The summed E-state index contributed by atoms with van der Waals surface area (Å²) in [5, 5.41) is 38.9. The molecule has 0 aliphatic heterocycles. The van der Waals surface area contributed by atoms with E-state index < -0.39 is 35.5 Å². The fraction of sp³-hybridized carbons (Fsp3) is 0.234. The van der Waals surface area contributed by atoms with Gasteiger partial charge in [0.25, 0.3) is 7.98 Å². The summed E-state index contributed by atoms with van der Waals surface area (Å²) in [6, 6.07) is 70.0. The van der Waals surface area contributed by atoms with E-state index in [1.807, 2.05) is 79.0 Å². The maximum Gasteiger partial charge on any atom is 0.354 e. The largest absolute Gasteiger partial charge is 0.477 e. The van der Waals surface area contributed by atoms with Gasteiger partial charge in [0.1, 0.15) is 23.3 Å². The second-order valence-corrected chi connectivity index (χ2v) is 28.9. The Hall–Kier alpha value is -11.0. The number of pyridine rings is 8. The topological polar surface area (TPSA) is 282 Å². The van der Waals surface area contributed by atoms with Crippen LogP contribution in [0.5, 0.6) is 0 Å². The number of aromatic carboxylic acids is 2. The minimum Gasteiger partial charge on any atom is -0.477 e. The summed E-state index contributed by atoms with van der Waals surface area (Å²) in [6.07, 6.45) is 26.6. The first kappa shape index (κ1) is 108. The minimum atomic E-state index is -0.990. The molecular weight excluding hydrogens is 2270 g/mol. The van der Waals surface area contributed by atoms with Gasteiger partial charge in [0.15, 0.2) is 0 Å². The molecule has 123 heavy (non-hydrogen) atoms. The molecule has 29 heteroatoms. The van der Waals surface area contributed by atoms with E-state index in [4.69, 9.17) is 28.2 Å². The maximum atomic E-state index is 13.7. The number of carboxylic acids is 2. The number of aromatic nitrogens is 16. The van der Waals surface area contributed by atoms with Gasteiger partial charge in [-0.1, -0.05) is 209 Å². The molecule has 0 saturated carbocycles. The zero-order chi connectivity index (χ0) is 86.4. The molecule has 0 amide bonds. The molecule has 0 fully saturated rings. The third-order valence-corrected chi connectivity index (χ3v) is 16.8. The molecule has 6 radical (unpaired) electrons. The van der Waals surface area contributed by atoms with E-state index in [0.717, 1.165) is 101 Å². The number of rotatable bonds is 15. The van der Waals surface area contributed by atoms with Crippen molar-refractivity contribution in [1.29, 1.82) is 0 Å². The van der Waals surface area contributed by atoms with E-state index in [-0.39, 0.29) is 114 Å². The van der Waals surface area contributed by atoms with Crippen molar-refractivity contribution < 1.29 is 118 Å². The van der Waals surface area contributed by atoms with E-state index >= 15 is 0 Å². The van der Waals surface area contributed by atoms with Gasteiger partial charge in [0.05, 0.1) is 0 Å². The van der Waals surface area contributed by atoms with E-state index in [2.05, 4.69) is 228 Å². The maximum absolute atomic E-state index is 13.7. The molecule has 15 aromatic rings. The first-order valence-electron chi connectivity index (χ1n) is 38.4. The zero-order valence-corrected chi connectivity index (χ0v) is 79.8. The van der Waals surface area contributed by atoms with Crippen LogP contribution in [0.1, 0.15) is 169 Å². The summed E-state index contributed by atoms with van der Waals surface area (Å²) in [7, 11) is 5.08. The van der Waals surface area contributed by atoms with Gasteiger partial charge in [0, 0.05) is 178 Å². The van der Waals surface area contributed by atoms with Crippen molar-refractivity contribution >= 4 is 19.9 Å². The Morgan fingerprint density at radius 1 is 0.447 bits per heavy atom. The summed E-state index contributed by atoms with van der Waals surface area (Å²) in [5.74, 6) is -3.64.